The van der Waals surface area contributed by atoms with Crippen molar-refractivity contribution in [3.05, 3.63) is 35.5 Å². The van der Waals surface area contributed by atoms with Crippen molar-refractivity contribution in [2.24, 2.45) is 0 Å². The van der Waals surface area contributed by atoms with Crippen LogP contribution in [0.2, 0.25) is 0 Å². The molecule has 3 rings (SSSR count). The Kier molecular flexibility index (Phi) is 2.96. The van der Waals surface area contributed by atoms with E-state index in [0.29, 0.717) is 5.01 Å². The molecular formula is C12H10N2O3S2. The van der Waals surface area contributed by atoms with Crippen LogP contribution in [0.5, 0.6) is 0 Å². The fourth-order valence-corrected chi connectivity index (χ4v) is 3.54. The van der Waals surface area contributed by atoms with Gasteiger partial charge in [0.05, 0.1) is 27.2 Å². The zero-order chi connectivity index (χ0) is 13.5. The number of nitrogens with zero attached hydrogens (tertiary/aromatic N) is 2. The summed E-state index contributed by atoms with van der Waals surface area (Å²) in [5.41, 5.74) is 1.65. The number of hydrogen-bond acceptors (Lipinski definition) is 5. The van der Waals surface area contributed by atoms with E-state index in [2.05, 4.69) is 9.97 Å². The molecule has 19 heavy (non-hydrogen) atoms. The van der Waals surface area contributed by atoms with Gasteiger partial charge in [0.15, 0.2) is 0 Å². The SMILES string of the molecule is O=S(=O)(O)CCc1nc2cnc3ccccc3c2s1. The summed E-state index contributed by atoms with van der Waals surface area (Å²) < 4.78 is 31.3. The van der Waals surface area contributed by atoms with Crippen LogP contribution in [0.3, 0.4) is 0 Å². The van der Waals surface area contributed by atoms with Crippen molar-refractivity contribution in [1.82, 2.24) is 9.97 Å². The first-order chi connectivity index (χ1) is 9.03. The highest BCUT2D eigenvalue weighted by molar-refractivity contribution is 7.85. The standard InChI is InChI=1S/C12H10N2O3S2/c15-19(16,17)6-5-11-14-10-7-13-9-4-2-1-3-8(9)12(10)18-11/h1-4,7H,5-6H2,(H,15,16,17). The van der Waals surface area contributed by atoms with Crippen LogP contribution in [-0.4, -0.2) is 28.7 Å². The lowest BCUT2D eigenvalue weighted by Crippen LogP contribution is -2.06. The molecule has 0 amide bonds. The highest BCUT2D eigenvalue weighted by Gasteiger charge is 2.11. The Morgan fingerprint density at radius 3 is 2.79 bits per heavy atom. The Morgan fingerprint density at radius 2 is 2.00 bits per heavy atom. The maximum atomic E-state index is 10.8. The minimum atomic E-state index is -3.95. The molecule has 3 aromatic rings. The number of aromatic nitrogens is 2. The number of para-hydroxylation sites is 1. The van der Waals surface area contributed by atoms with Gasteiger partial charge < -0.3 is 0 Å². The molecule has 0 atom stereocenters. The van der Waals surface area contributed by atoms with Crippen molar-refractivity contribution in [2.75, 3.05) is 5.75 Å². The Bertz CT molecular complexity index is 856. The summed E-state index contributed by atoms with van der Waals surface area (Å²) in [7, 11) is -3.95. The Balaban J connectivity index is 2.08. The van der Waals surface area contributed by atoms with Crippen molar-refractivity contribution < 1.29 is 13.0 Å². The molecule has 0 aliphatic heterocycles. The molecule has 98 valence electrons. The normalized spacial score (nSPS) is 12.3. The quantitative estimate of drug-likeness (QED) is 0.750. The summed E-state index contributed by atoms with van der Waals surface area (Å²) >= 11 is 1.44. The smallest absolute Gasteiger partial charge is 0.265 e. The fourth-order valence-electron chi connectivity index (χ4n) is 1.89. The molecule has 0 aliphatic carbocycles. The lowest BCUT2D eigenvalue weighted by atomic mass is 10.2. The number of rotatable bonds is 3. The van der Waals surface area contributed by atoms with Gasteiger partial charge in [-0.05, 0) is 6.07 Å². The molecule has 5 nitrogen and oxygen atoms in total. The Labute approximate surface area is 113 Å². The van der Waals surface area contributed by atoms with E-state index in [9.17, 15) is 8.42 Å². The van der Waals surface area contributed by atoms with Gasteiger partial charge in [0.25, 0.3) is 10.1 Å². The average molecular weight is 294 g/mol. The second-order valence-electron chi connectivity index (χ2n) is 4.13. The van der Waals surface area contributed by atoms with Crippen LogP contribution in [0.25, 0.3) is 21.1 Å². The van der Waals surface area contributed by atoms with Gasteiger partial charge in [0.1, 0.15) is 5.52 Å². The van der Waals surface area contributed by atoms with Crippen molar-refractivity contribution in [3.8, 4) is 0 Å². The van der Waals surface area contributed by atoms with E-state index in [0.717, 1.165) is 21.1 Å². The third-order valence-electron chi connectivity index (χ3n) is 2.75. The van der Waals surface area contributed by atoms with E-state index in [1.165, 1.54) is 11.3 Å². The van der Waals surface area contributed by atoms with Gasteiger partial charge in [-0.25, -0.2) is 4.98 Å². The van der Waals surface area contributed by atoms with Crippen LogP contribution in [-0.2, 0) is 16.5 Å². The average Bonchev–Trinajstić information content (AvgIpc) is 2.79. The molecule has 0 bridgehead atoms. The number of fused-ring (bicyclic) bond motifs is 3. The molecule has 7 heteroatoms. The van der Waals surface area contributed by atoms with E-state index in [4.69, 9.17) is 4.55 Å². The van der Waals surface area contributed by atoms with Crippen LogP contribution in [0.15, 0.2) is 30.5 Å². The van der Waals surface area contributed by atoms with Gasteiger partial charge in [0.2, 0.25) is 0 Å². The lowest BCUT2D eigenvalue weighted by molar-refractivity contribution is 0.482. The van der Waals surface area contributed by atoms with Crippen LogP contribution in [0.1, 0.15) is 5.01 Å². The van der Waals surface area contributed by atoms with Gasteiger partial charge in [-0.2, -0.15) is 8.42 Å². The van der Waals surface area contributed by atoms with Crippen molar-refractivity contribution in [2.45, 2.75) is 6.42 Å². The minimum absolute atomic E-state index is 0.215. The zero-order valence-electron chi connectivity index (χ0n) is 9.78. The second-order valence-corrected chi connectivity index (χ2v) is 6.79. The van der Waals surface area contributed by atoms with Crippen molar-refractivity contribution in [1.29, 1.82) is 0 Å². The van der Waals surface area contributed by atoms with Gasteiger partial charge in [-0.3, -0.25) is 9.54 Å². The third-order valence-corrected chi connectivity index (χ3v) is 4.63. The second kappa shape index (κ2) is 4.52. The zero-order valence-corrected chi connectivity index (χ0v) is 11.4. The predicted octanol–water partition coefficient (Wildman–Crippen LogP) is 2.27. The van der Waals surface area contributed by atoms with E-state index < -0.39 is 10.1 Å². The number of pyridine rings is 1. The maximum absolute atomic E-state index is 10.8. The van der Waals surface area contributed by atoms with Crippen LogP contribution in [0.4, 0.5) is 0 Å². The highest BCUT2D eigenvalue weighted by atomic mass is 32.2. The topological polar surface area (TPSA) is 80.2 Å². The monoisotopic (exact) mass is 294 g/mol. The summed E-state index contributed by atoms with van der Waals surface area (Å²) in [5, 5.41) is 1.70. The molecule has 0 radical (unpaired) electrons. The summed E-state index contributed by atoms with van der Waals surface area (Å²) in [6.07, 6.45) is 1.90. The third kappa shape index (κ3) is 2.58. The van der Waals surface area contributed by atoms with E-state index >= 15 is 0 Å². The minimum Gasteiger partial charge on any atom is -0.286 e. The Morgan fingerprint density at radius 1 is 1.21 bits per heavy atom. The molecule has 0 saturated heterocycles. The van der Waals surface area contributed by atoms with Gasteiger partial charge in [-0.1, -0.05) is 18.2 Å². The first-order valence-corrected chi connectivity index (χ1v) is 8.04. The van der Waals surface area contributed by atoms with Gasteiger partial charge in [0, 0.05) is 11.8 Å². The van der Waals surface area contributed by atoms with Crippen molar-refractivity contribution in [3.63, 3.8) is 0 Å². The molecule has 1 N–H and O–H groups in total. The first-order valence-electron chi connectivity index (χ1n) is 5.61. The largest absolute Gasteiger partial charge is 0.286 e. The molecule has 0 aliphatic rings. The Hall–Kier alpha value is -1.57. The molecular weight excluding hydrogens is 284 g/mol. The van der Waals surface area contributed by atoms with Crippen LogP contribution < -0.4 is 0 Å². The number of hydrogen-bond donors (Lipinski definition) is 1. The van der Waals surface area contributed by atoms with E-state index in [1.807, 2.05) is 24.3 Å². The van der Waals surface area contributed by atoms with Gasteiger partial charge >= 0.3 is 0 Å². The van der Waals surface area contributed by atoms with E-state index in [-0.39, 0.29) is 12.2 Å². The number of benzene rings is 1. The summed E-state index contributed by atoms with van der Waals surface area (Å²) in [4.78, 5) is 8.65. The van der Waals surface area contributed by atoms with Crippen LogP contribution in [0, 0.1) is 0 Å². The summed E-state index contributed by atoms with van der Waals surface area (Å²) in [5.74, 6) is -0.307. The molecule has 0 fully saturated rings. The molecule has 0 unspecified atom stereocenters. The molecule has 2 heterocycles. The number of thiazole rings is 1. The first kappa shape index (κ1) is 12.5. The molecule has 0 spiro atoms. The summed E-state index contributed by atoms with van der Waals surface area (Å²) in [6, 6.07) is 7.74. The maximum Gasteiger partial charge on any atom is 0.265 e. The highest BCUT2D eigenvalue weighted by Crippen LogP contribution is 2.29. The lowest BCUT2D eigenvalue weighted by Gasteiger charge is -1.95. The van der Waals surface area contributed by atoms with Crippen molar-refractivity contribution >= 4 is 42.6 Å². The fraction of sp³-hybridized carbons (Fsp3) is 0.167. The molecule has 0 saturated carbocycles. The van der Waals surface area contributed by atoms with E-state index in [1.54, 1.807) is 6.20 Å². The molecule has 2 aromatic heterocycles. The predicted molar refractivity (Wildman–Crippen MR) is 75.0 cm³/mol. The van der Waals surface area contributed by atoms with Gasteiger partial charge in [-0.15, -0.1) is 11.3 Å². The summed E-state index contributed by atoms with van der Waals surface area (Å²) in [6.45, 7) is 0. The van der Waals surface area contributed by atoms with Crippen LogP contribution >= 0.6 is 11.3 Å². The number of aryl methyl sites for hydroxylation is 1. The molecule has 1 aromatic carbocycles.